The summed E-state index contributed by atoms with van der Waals surface area (Å²) >= 11 is 3.32. The Kier molecular flexibility index (Phi) is 5.96. The van der Waals surface area contributed by atoms with E-state index in [1.807, 2.05) is 29.2 Å². The third-order valence-electron chi connectivity index (χ3n) is 5.14. The van der Waals surface area contributed by atoms with Crippen LogP contribution in [0, 0.1) is 13.8 Å². The lowest BCUT2D eigenvalue weighted by Gasteiger charge is -2.34. The molecule has 0 saturated carbocycles. The Bertz CT molecular complexity index is 1010. The minimum absolute atomic E-state index is 0.196. The van der Waals surface area contributed by atoms with E-state index in [9.17, 15) is 4.79 Å². The smallest absolute Gasteiger partial charge is 0.233 e. The van der Waals surface area contributed by atoms with Crippen molar-refractivity contribution in [3.05, 3.63) is 47.5 Å². The fourth-order valence-electron chi connectivity index (χ4n) is 3.55. The van der Waals surface area contributed by atoms with Crippen LogP contribution in [-0.4, -0.2) is 54.8 Å². The number of hydrogen-bond acceptors (Lipinski definition) is 6. The molecule has 0 aliphatic carbocycles. The first-order valence-corrected chi connectivity index (χ1v) is 11.5. The Hall–Kier alpha value is -2.25. The number of thiazole rings is 1. The zero-order valence-electron chi connectivity index (χ0n) is 17.0. The molecule has 1 fully saturated rings. The van der Waals surface area contributed by atoms with Crippen molar-refractivity contribution in [2.45, 2.75) is 18.7 Å². The minimum atomic E-state index is 0.196. The highest BCUT2D eigenvalue weighted by Crippen LogP contribution is 2.32. The van der Waals surface area contributed by atoms with Gasteiger partial charge in [-0.1, -0.05) is 17.4 Å². The number of hydrogen-bond donors (Lipinski definition) is 0. The summed E-state index contributed by atoms with van der Waals surface area (Å²) in [5.41, 5.74) is 3.60. The maximum atomic E-state index is 12.6. The number of piperazine rings is 1. The average molecular weight is 428 g/mol. The van der Waals surface area contributed by atoms with Crippen LogP contribution in [0.25, 0.3) is 10.2 Å². The fraction of sp³-hybridized carbons (Fsp3) is 0.364. The highest BCUT2D eigenvalue weighted by molar-refractivity contribution is 8.00. The second-order valence-corrected chi connectivity index (χ2v) is 9.31. The second-order valence-electron chi connectivity index (χ2n) is 7.26. The molecule has 0 atom stereocenters. The summed E-state index contributed by atoms with van der Waals surface area (Å²) in [5.74, 6) is 1.49. The minimum Gasteiger partial charge on any atom is -0.497 e. The molecule has 0 spiro atoms. The van der Waals surface area contributed by atoms with E-state index in [1.54, 1.807) is 30.2 Å². The lowest BCUT2D eigenvalue weighted by molar-refractivity contribution is -0.128. The van der Waals surface area contributed by atoms with Crippen LogP contribution >= 0.6 is 23.1 Å². The van der Waals surface area contributed by atoms with Gasteiger partial charge in [0.05, 0.1) is 23.1 Å². The molecule has 1 aliphatic rings. The highest BCUT2D eigenvalue weighted by atomic mass is 32.2. The monoisotopic (exact) mass is 427 g/mol. The first-order chi connectivity index (χ1) is 14.0. The number of aryl methyl sites for hydroxylation is 2. The molecule has 0 N–H and O–H groups in total. The van der Waals surface area contributed by atoms with Gasteiger partial charge in [-0.3, -0.25) is 4.79 Å². The number of anilines is 1. The number of carbonyl (C=O) groups is 1. The Morgan fingerprint density at radius 2 is 1.86 bits per heavy atom. The van der Waals surface area contributed by atoms with E-state index < -0.39 is 0 Å². The van der Waals surface area contributed by atoms with Crippen molar-refractivity contribution >= 4 is 44.4 Å². The molecular formula is C22H25N3O2S2. The standard InChI is InChI=1S/C22H25N3O2S2/c1-15-12-16(2)21-19(13-15)29-22(23-21)25-10-8-24(9-11-25)20(26)14-28-18-6-4-17(27-3)5-7-18/h4-7,12-13H,8-11,14H2,1-3H3. The topological polar surface area (TPSA) is 45.7 Å². The van der Waals surface area contributed by atoms with Crippen LogP contribution in [0.2, 0.25) is 0 Å². The summed E-state index contributed by atoms with van der Waals surface area (Å²) in [4.78, 5) is 22.8. The second kappa shape index (κ2) is 8.63. The normalized spacial score (nSPS) is 14.4. The van der Waals surface area contributed by atoms with Crippen molar-refractivity contribution in [1.82, 2.24) is 9.88 Å². The maximum Gasteiger partial charge on any atom is 0.233 e. The van der Waals surface area contributed by atoms with Gasteiger partial charge in [0, 0.05) is 31.1 Å². The number of carbonyl (C=O) groups excluding carboxylic acids is 1. The van der Waals surface area contributed by atoms with Crippen LogP contribution in [0.3, 0.4) is 0 Å². The van der Waals surface area contributed by atoms with E-state index in [1.165, 1.54) is 15.8 Å². The van der Waals surface area contributed by atoms with Crippen LogP contribution < -0.4 is 9.64 Å². The van der Waals surface area contributed by atoms with Crippen molar-refractivity contribution in [1.29, 1.82) is 0 Å². The molecule has 0 bridgehead atoms. The number of benzene rings is 2. The van der Waals surface area contributed by atoms with Crippen LogP contribution in [0.15, 0.2) is 41.3 Å². The summed E-state index contributed by atoms with van der Waals surface area (Å²) in [7, 11) is 1.65. The third kappa shape index (κ3) is 4.51. The molecule has 1 amide bonds. The van der Waals surface area contributed by atoms with Crippen LogP contribution in [0.1, 0.15) is 11.1 Å². The highest BCUT2D eigenvalue weighted by Gasteiger charge is 2.23. The van der Waals surface area contributed by atoms with Gasteiger partial charge in [-0.05, 0) is 55.3 Å². The van der Waals surface area contributed by atoms with E-state index in [0.717, 1.165) is 47.5 Å². The molecular weight excluding hydrogens is 402 g/mol. The molecule has 5 nitrogen and oxygen atoms in total. The SMILES string of the molecule is COc1ccc(SCC(=O)N2CCN(c3nc4c(C)cc(C)cc4s3)CC2)cc1. The van der Waals surface area contributed by atoms with Gasteiger partial charge in [-0.25, -0.2) is 4.98 Å². The molecule has 0 radical (unpaired) electrons. The summed E-state index contributed by atoms with van der Waals surface area (Å²) in [6.45, 7) is 7.40. The van der Waals surface area contributed by atoms with Crippen molar-refractivity contribution in [2.75, 3.05) is 43.9 Å². The Balaban J connectivity index is 1.32. The van der Waals surface area contributed by atoms with Gasteiger partial charge in [0.1, 0.15) is 5.75 Å². The average Bonchev–Trinajstić information content (AvgIpc) is 3.17. The van der Waals surface area contributed by atoms with Crippen molar-refractivity contribution < 1.29 is 9.53 Å². The molecule has 2 heterocycles. The van der Waals surface area contributed by atoms with E-state index in [-0.39, 0.29) is 5.91 Å². The van der Waals surface area contributed by atoms with Gasteiger partial charge < -0.3 is 14.5 Å². The summed E-state index contributed by atoms with van der Waals surface area (Å²) in [6, 6.07) is 12.2. The fourth-order valence-corrected chi connectivity index (χ4v) is 5.54. The van der Waals surface area contributed by atoms with Crippen molar-refractivity contribution in [2.24, 2.45) is 0 Å². The Morgan fingerprint density at radius 3 is 2.55 bits per heavy atom. The third-order valence-corrected chi connectivity index (χ3v) is 7.20. The summed E-state index contributed by atoms with van der Waals surface area (Å²) in [5, 5.41) is 1.06. The zero-order chi connectivity index (χ0) is 20.4. The van der Waals surface area contributed by atoms with Gasteiger partial charge in [-0.15, -0.1) is 11.8 Å². The van der Waals surface area contributed by atoms with Crippen LogP contribution in [0.5, 0.6) is 5.75 Å². The van der Waals surface area contributed by atoms with Crippen LogP contribution in [0.4, 0.5) is 5.13 Å². The van der Waals surface area contributed by atoms with Gasteiger partial charge in [-0.2, -0.15) is 0 Å². The number of rotatable bonds is 5. The molecule has 152 valence electrons. The predicted molar refractivity (Wildman–Crippen MR) is 122 cm³/mol. The number of aromatic nitrogens is 1. The van der Waals surface area contributed by atoms with E-state index in [2.05, 4.69) is 30.9 Å². The van der Waals surface area contributed by atoms with Gasteiger partial charge >= 0.3 is 0 Å². The van der Waals surface area contributed by atoms with Gasteiger partial charge in [0.25, 0.3) is 0 Å². The molecule has 7 heteroatoms. The van der Waals surface area contributed by atoms with E-state index in [0.29, 0.717) is 5.75 Å². The maximum absolute atomic E-state index is 12.6. The summed E-state index contributed by atoms with van der Waals surface area (Å²) in [6.07, 6.45) is 0. The van der Waals surface area contributed by atoms with Crippen molar-refractivity contribution in [3.63, 3.8) is 0 Å². The number of nitrogens with zero attached hydrogens (tertiary/aromatic N) is 3. The quantitative estimate of drug-likeness (QED) is 0.566. The van der Waals surface area contributed by atoms with Gasteiger partial charge in [0.2, 0.25) is 5.91 Å². The van der Waals surface area contributed by atoms with E-state index >= 15 is 0 Å². The van der Waals surface area contributed by atoms with Crippen LogP contribution in [-0.2, 0) is 4.79 Å². The number of methoxy groups -OCH3 is 1. The molecule has 1 aliphatic heterocycles. The molecule has 1 saturated heterocycles. The zero-order valence-corrected chi connectivity index (χ0v) is 18.6. The molecule has 2 aromatic carbocycles. The molecule has 29 heavy (non-hydrogen) atoms. The molecule has 1 aromatic heterocycles. The summed E-state index contributed by atoms with van der Waals surface area (Å²) < 4.78 is 6.42. The number of amides is 1. The predicted octanol–water partition coefficient (Wildman–Crippen LogP) is 4.36. The van der Waals surface area contributed by atoms with Crippen molar-refractivity contribution in [3.8, 4) is 5.75 Å². The number of ether oxygens (including phenoxy) is 1. The lowest BCUT2D eigenvalue weighted by atomic mass is 10.1. The molecule has 4 rings (SSSR count). The molecule has 3 aromatic rings. The number of fused-ring (bicyclic) bond motifs is 1. The molecule has 0 unspecified atom stereocenters. The first-order valence-electron chi connectivity index (χ1n) is 9.71. The van der Waals surface area contributed by atoms with Gasteiger partial charge in [0.15, 0.2) is 5.13 Å². The Labute approximate surface area is 179 Å². The lowest BCUT2D eigenvalue weighted by Crippen LogP contribution is -2.49. The Morgan fingerprint density at radius 1 is 1.14 bits per heavy atom. The number of thioether (sulfide) groups is 1. The first kappa shape index (κ1) is 20.0. The van der Waals surface area contributed by atoms with E-state index in [4.69, 9.17) is 9.72 Å². The largest absolute Gasteiger partial charge is 0.497 e.